The summed E-state index contributed by atoms with van der Waals surface area (Å²) in [4.78, 5) is 5.01. The third-order valence-electron chi connectivity index (χ3n) is 5.57. The fourth-order valence-electron chi connectivity index (χ4n) is 3.58. The van der Waals surface area contributed by atoms with E-state index < -0.39 is 10.0 Å². The van der Waals surface area contributed by atoms with E-state index in [0.717, 1.165) is 33.5 Å². The van der Waals surface area contributed by atoms with Gasteiger partial charge in [-0.25, -0.2) is 17.7 Å². The summed E-state index contributed by atoms with van der Waals surface area (Å²) in [5.74, 6) is 0.742. The third-order valence-corrected chi connectivity index (χ3v) is 8.33. The number of aromatic nitrogens is 3. The predicted molar refractivity (Wildman–Crippen MR) is 140 cm³/mol. The lowest BCUT2D eigenvalue weighted by Crippen LogP contribution is -2.29. The van der Waals surface area contributed by atoms with Gasteiger partial charge in [0.2, 0.25) is 10.0 Å². The van der Waals surface area contributed by atoms with Crippen molar-refractivity contribution >= 4 is 49.0 Å². The number of benzene rings is 2. The molecule has 2 aromatic heterocycles. The molecule has 0 aliphatic carbocycles. The summed E-state index contributed by atoms with van der Waals surface area (Å²) in [5.41, 5.74) is 3.31. The van der Waals surface area contributed by atoms with Crippen LogP contribution in [0.15, 0.2) is 70.2 Å². The van der Waals surface area contributed by atoms with Gasteiger partial charge in [-0.1, -0.05) is 48.9 Å². The van der Waals surface area contributed by atoms with E-state index in [1.165, 1.54) is 4.31 Å². The van der Waals surface area contributed by atoms with Crippen LogP contribution in [0.2, 0.25) is 5.02 Å². The standard InChI is InChI=1S/C24H25BrClN5O2S/c1-3-17-9-11-18(12-10-17)34(32,33)30(2)14-6-13-27-23-15-22(19-7-4-5-8-21(19)26)29-24-20(25)16-28-31(23)24/h4-5,7-12,15-16,27H,3,6,13-14H2,1-2H3. The Morgan fingerprint density at radius 2 is 1.88 bits per heavy atom. The van der Waals surface area contributed by atoms with Crippen LogP contribution >= 0.6 is 27.5 Å². The number of anilines is 1. The van der Waals surface area contributed by atoms with Crippen molar-refractivity contribution in [3.05, 3.63) is 75.9 Å². The highest BCUT2D eigenvalue weighted by molar-refractivity contribution is 9.10. The van der Waals surface area contributed by atoms with Crippen molar-refractivity contribution in [3.63, 3.8) is 0 Å². The lowest BCUT2D eigenvalue weighted by atomic mass is 10.1. The van der Waals surface area contributed by atoms with Crippen LogP contribution < -0.4 is 5.32 Å². The minimum absolute atomic E-state index is 0.307. The highest BCUT2D eigenvalue weighted by Gasteiger charge is 2.20. The largest absolute Gasteiger partial charge is 0.370 e. The average molecular weight is 563 g/mol. The number of hydrogen-bond donors (Lipinski definition) is 1. The summed E-state index contributed by atoms with van der Waals surface area (Å²) in [6.45, 7) is 2.96. The normalized spacial score (nSPS) is 11.9. The summed E-state index contributed by atoms with van der Waals surface area (Å²) in [5, 5.41) is 8.37. The fourth-order valence-corrected chi connectivity index (χ4v) is 5.37. The minimum Gasteiger partial charge on any atom is -0.370 e. The Morgan fingerprint density at radius 3 is 2.59 bits per heavy atom. The van der Waals surface area contributed by atoms with Crippen LogP contribution in [-0.2, 0) is 16.4 Å². The summed E-state index contributed by atoms with van der Waals surface area (Å²) in [7, 11) is -1.93. The first-order valence-electron chi connectivity index (χ1n) is 10.9. The molecule has 0 bridgehead atoms. The Bertz CT molecular complexity index is 1410. The van der Waals surface area contributed by atoms with E-state index in [4.69, 9.17) is 16.6 Å². The molecule has 4 rings (SSSR count). The van der Waals surface area contributed by atoms with E-state index in [9.17, 15) is 8.42 Å². The van der Waals surface area contributed by atoms with Crippen LogP contribution in [0.25, 0.3) is 16.9 Å². The zero-order valence-electron chi connectivity index (χ0n) is 18.9. The molecule has 0 saturated carbocycles. The van der Waals surface area contributed by atoms with Crippen LogP contribution in [-0.4, -0.2) is 47.5 Å². The van der Waals surface area contributed by atoms with Gasteiger partial charge in [-0.3, -0.25) is 0 Å². The van der Waals surface area contributed by atoms with E-state index in [1.807, 2.05) is 49.4 Å². The predicted octanol–water partition coefficient (Wildman–Crippen LogP) is 5.50. The SMILES string of the molecule is CCc1ccc(S(=O)(=O)N(C)CCCNc2cc(-c3ccccc3Cl)nc3c(Br)cnn23)cc1. The second kappa shape index (κ2) is 10.4. The second-order valence-corrected chi connectivity index (χ2v) is 11.1. The molecule has 0 saturated heterocycles. The first-order valence-corrected chi connectivity index (χ1v) is 13.5. The van der Waals surface area contributed by atoms with Crippen molar-refractivity contribution in [1.29, 1.82) is 0 Å². The Kier molecular flexibility index (Phi) is 7.57. The maximum absolute atomic E-state index is 12.9. The number of fused-ring (bicyclic) bond motifs is 1. The van der Waals surface area contributed by atoms with Gasteiger partial charge >= 0.3 is 0 Å². The molecule has 2 aromatic carbocycles. The molecule has 0 aliphatic heterocycles. The zero-order chi connectivity index (χ0) is 24.3. The Hall–Kier alpha value is -2.46. The van der Waals surface area contributed by atoms with Crippen molar-refractivity contribution in [3.8, 4) is 11.3 Å². The number of sulfonamides is 1. The van der Waals surface area contributed by atoms with E-state index in [1.54, 1.807) is 29.9 Å². The number of aryl methyl sites for hydroxylation is 1. The van der Waals surface area contributed by atoms with E-state index in [-0.39, 0.29) is 0 Å². The number of hydrogen-bond acceptors (Lipinski definition) is 5. The summed E-state index contributed by atoms with van der Waals surface area (Å²) < 4.78 is 29.6. The number of rotatable bonds is 9. The molecule has 0 amide bonds. The third kappa shape index (κ3) is 5.12. The van der Waals surface area contributed by atoms with E-state index in [0.29, 0.717) is 35.1 Å². The zero-order valence-corrected chi connectivity index (χ0v) is 22.0. The number of nitrogens with one attached hydrogen (secondary N) is 1. The van der Waals surface area contributed by atoms with E-state index in [2.05, 4.69) is 26.3 Å². The monoisotopic (exact) mass is 561 g/mol. The molecule has 1 N–H and O–H groups in total. The van der Waals surface area contributed by atoms with Crippen molar-refractivity contribution in [2.45, 2.75) is 24.7 Å². The maximum Gasteiger partial charge on any atom is 0.242 e. The molecule has 0 radical (unpaired) electrons. The molecule has 7 nitrogen and oxygen atoms in total. The summed E-state index contributed by atoms with van der Waals surface area (Å²) in [6, 6.07) is 16.5. The first kappa shape index (κ1) is 24.7. The second-order valence-electron chi connectivity index (χ2n) is 7.84. The summed E-state index contributed by atoms with van der Waals surface area (Å²) in [6.07, 6.45) is 3.17. The molecule has 10 heteroatoms. The molecule has 0 fully saturated rings. The van der Waals surface area contributed by atoms with Crippen LogP contribution in [0.5, 0.6) is 0 Å². The molecule has 4 aromatic rings. The van der Waals surface area contributed by atoms with Gasteiger partial charge in [-0.05, 0) is 52.5 Å². The molecule has 178 valence electrons. The topological polar surface area (TPSA) is 79.6 Å². The lowest BCUT2D eigenvalue weighted by molar-refractivity contribution is 0.465. The molecule has 0 aliphatic rings. The molecule has 0 atom stereocenters. The minimum atomic E-state index is -3.53. The molecule has 34 heavy (non-hydrogen) atoms. The first-order chi connectivity index (χ1) is 16.3. The highest BCUT2D eigenvalue weighted by Crippen LogP contribution is 2.30. The van der Waals surface area contributed by atoms with Gasteiger partial charge in [-0.15, -0.1) is 0 Å². The van der Waals surface area contributed by atoms with Gasteiger partial charge < -0.3 is 5.32 Å². The highest BCUT2D eigenvalue weighted by atomic mass is 79.9. The van der Waals surface area contributed by atoms with Crippen LogP contribution in [0, 0.1) is 0 Å². The summed E-state index contributed by atoms with van der Waals surface area (Å²) >= 11 is 9.89. The van der Waals surface area contributed by atoms with Gasteiger partial charge in [0.1, 0.15) is 5.82 Å². The molecule has 0 unspecified atom stereocenters. The average Bonchev–Trinajstić information content (AvgIpc) is 3.22. The quantitative estimate of drug-likeness (QED) is 0.273. The lowest BCUT2D eigenvalue weighted by Gasteiger charge is -2.18. The van der Waals surface area contributed by atoms with Crippen LogP contribution in [0.1, 0.15) is 18.9 Å². The smallest absolute Gasteiger partial charge is 0.242 e. The van der Waals surface area contributed by atoms with Crippen molar-refractivity contribution in [2.24, 2.45) is 0 Å². The Morgan fingerprint density at radius 1 is 1.15 bits per heavy atom. The molecule has 2 heterocycles. The number of nitrogens with zero attached hydrogens (tertiary/aromatic N) is 4. The van der Waals surface area contributed by atoms with Gasteiger partial charge in [0.15, 0.2) is 5.65 Å². The van der Waals surface area contributed by atoms with Crippen LogP contribution in [0.3, 0.4) is 0 Å². The van der Waals surface area contributed by atoms with Crippen molar-refractivity contribution in [2.75, 3.05) is 25.5 Å². The van der Waals surface area contributed by atoms with Gasteiger partial charge in [-0.2, -0.15) is 9.61 Å². The fraction of sp³-hybridized carbons (Fsp3) is 0.250. The Labute approximate surface area is 213 Å². The number of halogens is 2. The van der Waals surface area contributed by atoms with E-state index >= 15 is 0 Å². The Balaban J connectivity index is 1.47. The molecular formula is C24H25BrClN5O2S. The molecular weight excluding hydrogens is 538 g/mol. The van der Waals surface area contributed by atoms with Gasteiger partial charge in [0, 0.05) is 36.8 Å². The maximum atomic E-state index is 12.9. The van der Waals surface area contributed by atoms with Gasteiger partial charge in [0.05, 0.1) is 21.3 Å². The van der Waals surface area contributed by atoms with Crippen molar-refractivity contribution in [1.82, 2.24) is 18.9 Å². The van der Waals surface area contributed by atoms with Gasteiger partial charge in [0.25, 0.3) is 0 Å². The van der Waals surface area contributed by atoms with Crippen molar-refractivity contribution < 1.29 is 8.42 Å². The molecule has 0 spiro atoms. The van der Waals surface area contributed by atoms with Crippen LogP contribution in [0.4, 0.5) is 5.82 Å².